The molecule has 0 N–H and O–H groups in total. The van der Waals surface area contributed by atoms with Gasteiger partial charge in [0.2, 0.25) is 0 Å². The Hall–Kier alpha value is -3.36. The van der Waals surface area contributed by atoms with Gasteiger partial charge in [-0.15, -0.1) is 0 Å². The molecule has 29 heavy (non-hydrogen) atoms. The third kappa shape index (κ3) is 3.55. The van der Waals surface area contributed by atoms with E-state index in [1.165, 1.54) is 18.3 Å². The van der Waals surface area contributed by atoms with Crippen LogP contribution in [0.3, 0.4) is 0 Å². The highest BCUT2D eigenvalue weighted by molar-refractivity contribution is 5.79. The molecule has 0 bridgehead atoms. The normalized spacial score (nSPS) is 12.1. The highest BCUT2D eigenvalue weighted by Crippen LogP contribution is 2.33. The molecule has 0 amide bonds. The molecule has 0 aliphatic carbocycles. The summed E-state index contributed by atoms with van der Waals surface area (Å²) in [6.45, 7) is 1.79. The zero-order valence-corrected chi connectivity index (χ0v) is 15.0. The molecule has 0 fully saturated rings. The maximum Gasteiger partial charge on any atom is 0.416 e. The maximum atomic E-state index is 13.6. The first-order chi connectivity index (χ1) is 13.7. The molecular formula is C20H13F5N4. The molecule has 0 unspecified atom stereocenters. The number of fused-ring (bicyclic) bond motifs is 1. The van der Waals surface area contributed by atoms with E-state index in [1.54, 1.807) is 25.3 Å². The van der Waals surface area contributed by atoms with Crippen LogP contribution in [0.1, 0.15) is 23.4 Å². The summed E-state index contributed by atoms with van der Waals surface area (Å²) >= 11 is 0. The molecule has 0 atom stereocenters. The summed E-state index contributed by atoms with van der Waals surface area (Å²) in [5.74, 6) is 0. The fourth-order valence-corrected chi connectivity index (χ4v) is 3.04. The largest absolute Gasteiger partial charge is 0.416 e. The van der Waals surface area contributed by atoms with Gasteiger partial charge in [-0.25, -0.2) is 18.3 Å². The molecule has 0 aliphatic rings. The molecule has 9 heteroatoms. The van der Waals surface area contributed by atoms with Crippen LogP contribution in [0.2, 0.25) is 0 Å². The van der Waals surface area contributed by atoms with Crippen molar-refractivity contribution >= 4 is 5.65 Å². The van der Waals surface area contributed by atoms with E-state index >= 15 is 0 Å². The van der Waals surface area contributed by atoms with Crippen LogP contribution in [0.5, 0.6) is 0 Å². The second-order valence-corrected chi connectivity index (χ2v) is 6.42. The van der Waals surface area contributed by atoms with Crippen molar-refractivity contribution in [3.05, 3.63) is 71.8 Å². The Labute approximate surface area is 161 Å². The van der Waals surface area contributed by atoms with E-state index in [-0.39, 0.29) is 11.3 Å². The van der Waals surface area contributed by atoms with E-state index in [0.717, 1.165) is 28.4 Å². The van der Waals surface area contributed by atoms with Crippen LogP contribution in [0.15, 0.2) is 54.9 Å². The van der Waals surface area contributed by atoms with Gasteiger partial charge in [0.1, 0.15) is 5.69 Å². The fraction of sp³-hybridized carbons (Fsp3) is 0.150. The SMILES string of the molecule is Cc1cc(-c2cnn3c(C(F)F)cc(-c4ccc(C(F)(F)F)cc4)nc23)ccn1. The first kappa shape index (κ1) is 19.0. The minimum Gasteiger partial charge on any atom is -0.262 e. The van der Waals surface area contributed by atoms with Gasteiger partial charge >= 0.3 is 6.18 Å². The van der Waals surface area contributed by atoms with E-state index in [0.29, 0.717) is 16.7 Å². The van der Waals surface area contributed by atoms with Gasteiger partial charge < -0.3 is 0 Å². The average Bonchev–Trinajstić information content (AvgIpc) is 3.10. The Bertz CT molecular complexity index is 1180. The predicted molar refractivity (Wildman–Crippen MR) is 96.4 cm³/mol. The lowest BCUT2D eigenvalue weighted by molar-refractivity contribution is -0.137. The summed E-state index contributed by atoms with van der Waals surface area (Å²) in [5.41, 5.74) is 1.33. The second kappa shape index (κ2) is 6.91. The van der Waals surface area contributed by atoms with Crippen molar-refractivity contribution in [3.8, 4) is 22.4 Å². The standard InChI is InChI=1S/C20H13F5N4/c1-11-8-13(6-7-26-11)15-10-27-29-17(18(21)22)9-16(28-19(15)29)12-2-4-14(5-3-12)20(23,24)25/h2-10,18H,1H3. The molecule has 3 aromatic heterocycles. The smallest absolute Gasteiger partial charge is 0.262 e. The van der Waals surface area contributed by atoms with Crippen molar-refractivity contribution in [2.45, 2.75) is 19.5 Å². The fourth-order valence-electron chi connectivity index (χ4n) is 3.04. The molecule has 0 saturated carbocycles. The van der Waals surface area contributed by atoms with Gasteiger partial charge in [0.15, 0.2) is 5.65 Å². The number of halogens is 5. The quantitative estimate of drug-likeness (QED) is 0.410. The number of hydrogen-bond acceptors (Lipinski definition) is 3. The number of pyridine rings is 1. The first-order valence-electron chi connectivity index (χ1n) is 8.51. The van der Waals surface area contributed by atoms with Crippen molar-refractivity contribution < 1.29 is 22.0 Å². The van der Waals surface area contributed by atoms with Crippen LogP contribution in [0.4, 0.5) is 22.0 Å². The average molecular weight is 404 g/mol. The number of hydrogen-bond donors (Lipinski definition) is 0. The summed E-state index contributed by atoms with van der Waals surface area (Å²) in [4.78, 5) is 8.52. The van der Waals surface area contributed by atoms with Gasteiger partial charge in [0, 0.05) is 23.0 Å². The number of aryl methyl sites for hydroxylation is 1. The second-order valence-electron chi connectivity index (χ2n) is 6.42. The molecule has 4 aromatic rings. The third-order valence-electron chi connectivity index (χ3n) is 4.44. The van der Waals surface area contributed by atoms with Gasteiger partial charge in [0.05, 0.1) is 17.5 Å². The molecule has 3 heterocycles. The van der Waals surface area contributed by atoms with Crippen LogP contribution in [-0.2, 0) is 6.18 Å². The lowest BCUT2D eigenvalue weighted by atomic mass is 10.1. The highest BCUT2D eigenvalue weighted by Gasteiger charge is 2.30. The van der Waals surface area contributed by atoms with E-state index in [9.17, 15) is 22.0 Å². The summed E-state index contributed by atoms with van der Waals surface area (Å²) < 4.78 is 66.7. The lowest BCUT2D eigenvalue weighted by Crippen LogP contribution is -2.05. The van der Waals surface area contributed by atoms with Crippen molar-refractivity contribution in [1.29, 1.82) is 0 Å². The molecule has 148 valence electrons. The Kier molecular flexibility index (Phi) is 4.52. The summed E-state index contributed by atoms with van der Waals surface area (Å²) in [5, 5.41) is 4.03. The molecule has 4 nitrogen and oxygen atoms in total. The summed E-state index contributed by atoms with van der Waals surface area (Å²) in [6.07, 6.45) is -4.32. The molecule has 0 saturated heterocycles. The van der Waals surface area contributed by atoms with E-state index in [4.69, 9.17) is 0 Å². The van der Waals surface area contributed by atoms with E-state index in [2.05, 4.69) is 15.1 Å². The zero-order valence-electron chi connectivity index (χ0n) is 15.0. The molecule has 0 radical (unpaired) electrons. The minimum atomic E-state index is -4.48. The highest BCUT2D eigenvalue weighted by atomic mass is 19.4. The Morgan fingerprint density at radius 3 is 2.31 bits per heavy atom. The van der Waals surface area contributed by atoms with Crippen molar-refractivity contribution in [2.75, 3.05) is 0 Å². The Morgan fingerprint density at radius 2 is 1.69 bits per heavy atom. The van der Waals surface area contributed by atoms with E-state index in [1.807, 2.05) is 0 Å². The number of aromatic nitrogens is 4. The molecule has 4 rings (SSSR count). The summed E-state index contributed by atoms with van der Waals surface area (Å²) in [6, 6.07) is 8.82. The number of benzene rings is 1. The first-order valence-corrected chi connectivity index (χ1v) is 8.51. The van der Waals surface area contributed by atoms with Crippen LogP contribution in [0.25, 0.3) is 28.0 Å². The van der Waals surface area contributed by atoms with Gasteiger partial charge in [-0.1, -0.05) is 12.1 Å². The zero-order chi connectivity index (χ0) is 20.8. The lowest BCUT2D eigenvalue weighted by Gasteiger charge is -2.10. The van der Waals surface area contributed by atoms with Crippen molar-refractivity contribution in [1.82, 2.24) is 19.6 Å². The van der Waals surface area contributed by atoms with Gasteiger partial charge in [-0.3, -0.25) is 4.98 Å². The van der Waals surface area contributed by atoms with Gasteiger partial charge in [-0.05, 0) is 42.8 Å². The number of alkyl halides is 5. The molecule has 0 aliphatic heterocycles. The van der Waals surface area contributed by atoms with Crippen LogP contribution in [-0.4, -0.2) is 19.6 Å². The number of nitrogens with zero attached hydrogens (tertiary/aromatic N) is 4. The molecule has 0 spiro atoms. The van der Waals surface area contributed by atoms with Crippen molar-refractivity contribution in [2.24, 2.45) is 0 Å². The van der Waals surface area contributed by atoms with Crippen LogP contribution in [0, 0.1) is 6.92 Å². The molecular weight excluding hydrogens is 391 g/mol. The summed E-state index contributed by atoms with van der Waals surface area (Å²) in [7, 11) is 0. The third-order valence-corrected chi connectivity index (χ3v) is 4.44. The topological polar surface area (TPSA) is 43.1 Å². The Morgan fingerprint density at radius 1 is 0.966 bits per heavy atom. The predicted octanol–water partition coefficient (Wildman–Crippen LogP) is 5.72. The Balaban J connectivity index is 1.90. The van der Waals surface area contributed by atoms with Gasteiger partial charge in [-0.2, -0.15) is 18.3 Å². The number of rotatable bonds is 3. The van der Waals surface area contributed by atoms with Crippen molar-refractivity contribution in [3.63, 3.8) is 0 Å². The molecule has 1 aromatic carbocycles. The maximum absolute atomic E-state index is 13.6. The van der Waals surface area contributed by atoms with Crippen LogP contribution >= 0.6 is 0 Å². The minimum absolute atomic E-state index is 0.133. The van der Waals surface area contributed by atoms with Crippen LogP contribution < -0.4 is 0 Å². The monoisotopic (exact) mass is 404 g/mol. The van der Waals surface area contributed by atoms with E-state index < -0.39 is 23.9 Å². The van der Waals surface area contributed by atoms with Gasteiger partial charge in [0.25, 0.3) is 6.43 Å².